The summed E-state index contributed by atoms with van der Waals surface area (Å²) in [7, 11) is 0. The Kier molecular flexibility index (Phi) is 4.03. The van der Waals surface area contributed by atoms with Crippen LogP contribution in [0, 0.1) is 0 Å². The van der Waals surface area contributed by atoms with Crippen LogP contribution in [0.1, 0.15) is 23.2 Å². The maximum absolute atomic E-state index is 12.9. The quantitative estimate of drug-likeness (QED) is 0.891. The van der Waals surface area contributed by atoms with Crippen LogP contribution in [0.3, 0.4) is 0 Å². The third-order valence-electron chi connectivity index (χ3n) is 5.07. The molecule has 1 amide bonds. The molecule has 2 aliphatic heterocycles. The van der Waals surface area contributed by atoms with Crippen molar-refractivity contribution in [3.63, 3.8) is 0 Å². The zero-order valence-corrected chi connectivity index (χ0v) is 13.5. The van der Waals surface area contributed by atoms with Gasteiger partial charge in [0.15, 0.2) is 0 Å². The number of carbonyl (C=O) groups is 1. The van der Waals surface area contributed by atoms with Crippen LogP contribution in [-0.4, -0.2) is 74.1 Å². The fourth-order valence-electron chi connectivity index (χ4n) is 3.76. The van der Waals surface area contributed by atoms with E-state index in [0.29, 0.717) is 18.2 Å². The molecule has 2 fully saturated rings. The first-order valence-electron chi connectivity index (χ1n) is 8.39. The van der Waals surface area contributed by atoms with E-state index >= 15 is 0 Å². The first-order chi connectivity index (χ1) is 11.8. The summed E-state index contributed by atoms with van der Waals surface area (Å²) >= 11 is 0. The van der Waals surface area contributed by atoms with Crippen LogP contribution in [0.5, 0.6) is 0 Å². The Morgan fingerprint density at radius 3 is 2.79 bits per heavy atom. The van der Waals surface area contributed by atoms with Gasteiger partial charge < -0.3 is 10.0 Å². The molecule has 24 heavy (non-hydrogen) atoms. The molecule has 0 unspecified atom stereocenters. The first-order valence-corrected chi connectivity index (χ1v) is 8.39. The van der Waals surface area contributed by atoms with Gasteiger partial charge in [0.1, 0.15) is 0 Å². The summed E-state index contributed by atoms with van der Waals surface area (Å²) in [5, 5.41) is 17.4. The third kappa shape index (κ3) is 2.70. The van der Waals surface area contributed by atoms with E-state index in [2.05, 4.69) is 15.2 Å². The lowest BCUT2D eigenvalue weighted by atomic mass is 10.1. The molecule has 2 atom stereocenters. The number of hydrogen-bond donors (Lipinski definition) is 1. The Labute approximate surface area is 140 Å². The predicted molar refractivity (Wildman–Crippen MR) is 87.9 cm³/mol. The number of aliphatic hydroxyl groups is 1. The molecular weight excluding hydrogens is 306 g/mol. The van der Waals surface area contributed by atoms with Gasteiger partial charge in [0.05, 0.1) is 30.7 Å². The van der Waals surface area contributed by atoms with E-state index in [1.807, 2.05) is 29.2 Å². The summed E-state index contributed by atoms with van der Waals surface area (Å²) in [4.78, 5) is 17.2. The fourth-order valence-corrected chi connectivity index (χ4v) is 3.76. The van der Waals surface area contributed by atoms with Gasteiger partial charge in [-0.25, -0.2) is 4.68 Å². The van der Waals surface area contributed by atoms with Gasteiger partial charge in [-0.2, -0.15) is 0 Å². The number of benzene rings is 1. The van der Waals surface area contributed by atoms with Gasteiger partial charge in [-0.05, 0) is 43.7 Å². The molecule has 3 heterocycles. The number of nitrogens with zero attached hydrogens (tertiary/aromatic N) is 5. The van der Waals surface area contributed by atoms with E-state index in [9.17, 15) is 9.90 Å². The van der Waals surface area contributed by atoms with E-state index in [0.717, 1.165) is 25.2 Å². The molecule has 1 aromatic heterocycles. The molecule has 0 radical (unpaired) electrons. The number of hydrogen-bond acceptors (Lipinski definition) is 5. The van der Waals surface area contributed by atoms with Crippen molar-refractivity contribution in [3.8, 4) is 5.69 Å². The number of aliphatic hydroxyl groups excluding tert-OH is 1. The van der Waals surface area contributed by atoms with Crippen molar-refractivity contribution in [2.45, 2.75) is 24.9 Å². The lowest BCUT2D eigenvalue weighted by Gasteiger charge is -2.43. The molecule has 2 aliphatic rings. The molecule has 4 rings (SSSR count). The Balaban J connectivity index is 1.53. The van der Waals surface area contributed by atoms with Gasteiger partial charge >= 0.3 is 0 Å². The minimum Gasteiger partial charge on any atom is -0.394 e. The van der Waals surface area contributed by atoms with Crippen molar-refractivity contribution in [2.75, 3.05) is 26.2 Å². The lowest BCUT2D eigenvalue weighted by Crippen LogP contribution is -2.59. The summed E-state index contributed by atoms with van der Waals surface area (Å²) in [5.74, 6) is -0.00857. The second kappa shape index (κ2) is 6.33. The molecule has 126 valence electrons. The van der Waals surface area contributed by atoms with Gasteiger partial charge in [0.2, 0.25) is 0 Å². The average molecular weight is 327 g/mol. The number of aromatic nitrogens is 3. The van der Waals surface area contributed by atoms with Crippen LogP contribution < -0.4 is 0 Å². The van der Waals surface area contributed by atoms with Crippen molar-refractivity contribution >= 4 is 5.91 Å². The van der Waals surface area contributed by atoms with Crippen molar-refractivity contribution < 1.29 is 9.90 Å². The summed E-state index contributed by atoms with van der Waals surface area (Å²) < 4.78 is 1.65. The molecular formula is C17H21N5O2. The van der Waals surface area contributed by atoms with E-state index < -0.39 is 0 Å². The second-order valence-corrected chi connectivity index (χ2v) is 6.48. The van der Waals surface area contributed by atoms with Crippen molar-refractivity contribution in [2.24, 2.45) is 0 Å². The molecule has 0 aliphatic carbocycles. The summed E-state index contributed by atoms with van der Waals surface area (Å²) in [6.07, 6.45) is 5.69. The highest BCUT2D eigenvalue weighted by molar-refractivity contribution is 5.94. The van der Waals surface area contributed by atoms with Crippen molar-refractivity contribution in [3.05, 3.63) is 42.2 Å². The number of rotatable bonds is 3. The van der Waals surface area contributed by atoms with Crippen molar-refractivity contribution in [1.82, 2.24) is 24.8 Å². The fraction of sp³-hybridized carbons (Fsp3) is 0.471. The smallest absolute Gasteiger partial charge is 0.254 e. The molecule has 0 saturated carbocycles. The van der Waals surface area contributed by atoms with E-state index in [4.69, 9.17) is 0 Å². The van der Waals surface area contributed by atoms with Gasteiger partial charge in [0, 0.05) is 24.7 Å². The summed E-state index contributed by atoms with van der Waals surface area (Å²) in [6, 6.07) is 7.67. The zero-order valence-electron chi connectivity index (χ0n) is 13.5. The van der Waals surface area contributed by atoms with Gasteiger partial charge in [-0.1, -0.05) is 5.21 Å². The SMILES string of the molecule is O=C(c1ccc(-n2ccnn2)cc1)N1C[C@@H]2CCCN2C[C@@H]1CO. The van der Waals surface area contributed by atoms with Crippen LogP contribution >= 0.6 is 0 Å². The number of fused-ring (bicyclic) bond motifs is 1. The molecule has 2 saturated heterocycles. The molecule has 2 aromatic rings. The molecule has 1 N–H and O–H groups in total. The molecule has 0 spiro atoms. The highest BCUT2D eigenvalue weighted by atomic mass is 16.3. The lowest BCUT2D eigenvalue weighted by molar-refractivity contribution is 0.0193. The Morgan fingerprint density at radius 2 is 2.08 bits per heavy atom. The molecule has 7 nitrogen and oxygen atoms in total. The standard InChI is InChI=1S/C17H21N5O2/c23-12-16-10-20-8-1-2-15(20)11-21(16)17(24)13-3-5-14(6-4-13)22-9-7-18-19-22/h3-7,9,15-16,23H,1-2,8,10-12H2/t15-,16+/m0/s1. The van der Waals surface area contributed by atoms with E-state index in [-0.39, 0.29) is 18.6 Å². The van der Waals surface area contributed by atoms with Crippen LogP contribution in [0.2, 0.25) is 0 Å². The summed E-state index contributed by atoms with van der Waals surface area (Å²) in [6.45, 7) is 2.56. The Morgan fingerprint density at radius 1 is 1.25 bits per heavy atom. The Hall–Kier alpha value is -2.25. The minimum absolute atomic E-state index is 0.00595. The average Bonchev–Trinajstić information content (AvgIpc) is 3.31. The number of amides is 1. The van der Waals surface area contributed by atoms with Crippen molar-refractivity contribution in [1.29, 1.82) is 0 Å². The van der Waals surface area contributed by atoms with Crippen LogP contribution in [0.15, 0.2) is 36.7 Å². The molecule has 7 heteroatoms. The zero-order chi connectivity index (χ0) is 16.5. The first kappa shape index (κ1) is 15.3. The highest BCUT2D eigenvalue weighted by Gasteiger charge is 2.38. The molecule has 1 aromatic carbocycles. The Bertz CT molecular complexity index is 700. The largest absolute Gasteiger partial charge is 0.394 e. The molecule has 0 bridgehead atoms. The van der Waals surface area contributed by atoms with E-state index in [1.165, 1.54) is 6.42 Å². The maximum Gasteiger partial charge on any atom is 0.254 e. The van der Waals surface area contributed by atoms with E-state index in [1.54, 1.807) is 17.1 Å². The van der Waals surface area contributed by atoms with Gasteiger partial charge in [-0.15, -0.1) is 5.10 Å². The second-order valence-electron chi connectivity index (χ2n) is 6.48. The highest BCUT2D eigenvalue weighted by Crippen LogP contribution is 2.26. The minimum atomic E-state index is -0.123. The maximum atomic E-state index is 12.9. The van der Waals surface area contributed by atoms with Crippen LogP contribution in [0.25, 0.3) is 5.69 Å². The van der Waals surface area contributed by atoms with Gasteiger partial charge in [0.25, 0.3) is 5.91 Å². The van der Waals surface area contributed by atoms with Gasteiger partial charge in [-0.3, -0.25) is 9.69 Å². The number of carbonyl (C=O) groups excluding carboxylic acids is 1. The normalized spacial score (nSPS) is 24.1. The summed E-state index contributed by atoms with van der Waals surface area (Å²) in [5.41, 5.74) is 1.51. The monoisotopic (exact) mass is 327 g/mol. The predicted octanol–water partition coefficient (Wildman–Crippen LogP) is 0.548. The third-order valence-corrected chi connectivity index (χ3v) is 5.07. The van der Waals surface area contributed by atoms with Crippen LogP contribution in [0.4, 0.5) is 0 Å². The van der Waals surface area contributed by atoms with Crippen LogP contribution in [-0.2, 0) is 0 Å². The topological polar surface area (TPSA) is 74.5 Å². The number of piperazine rings is 1.